The van der Waals surface area contributed by atoms with Gasteiger partial charge in [0, 0.05) is 37.6 Å². The summed E-state index contributed by atoms with van der Waals surface area (Å²) in [6.45, 7) is 6.05. The molecular formula is C21H29N7O4. The van der Waals surface area contributed by atoms with Crippen molar-refractivity contribution >= 4 is 34.2 Å². The first-order valence-corrected chi connectivity index (χ1v) is 10.8. The van der Waals surface area contributed by atoms with Crippen LogP contribution in [0.15, 0.2) is 12.3 Å². The number of amides is 2. The first-order valence-electron chi connectivity index (χ1n) is 10.8. The Morgan fingerprint density at radius 1 is 1.28 bits per heavy atom. The number of fused-ring (bicyclic) bond motifs is 1. The Balaban J connectivity index is 1.82. The summed E-state index contributed by atoms with van der Waals surface area (Å²) >= 11 is 0. The number of aryl methyl sites for hydroxylation is 2. The number of nitrogens with one attached hydrogen (secondary N) is 2. The molecule has 0 bridgehead atoms. The second-order valence-electron chi connectivity index (χ2n) is 8.29. The van der Waals surface area contributed by atoms with Gasteiger partial charge in [0.1, 0.15) is 5.60 Å². The van der Waals surface area contributed by atoms with E-state index in [0.29, 0.717) is 25.5 Å². The molecule has 2 aromatic heterocycles. The van der Waals surface area contributed by atoms with Gasteiger partial charge in [-0.1, -0.05) is 0 Å². The molecular weight excluding hydrogens is 414 g/mol. The fourth-order valence-electron chi connectivity index (χ4n) is 4.38. The Morgan fingerprint density at radius 2 is 1.97 bits per heavy atom. The summed E-state index contributed by atoms with van der Waals surface area (Å²) in [7, 11) is 0. The lowest BCUT2D eigenvalue weighted by Crippen LogP contribution is -2.38. The molecule has 32 heavy (non-hydrogen) atoms. The van der Waals surface area contributed by atoms with E-state index < -0.39 is 17.4 Å². The molecule has 11 nitrogen and oxygen atoms in total. The third kappa shape index (κ3) is 4.26. The third-order valence-electron chi connectivity index (χ3n) is 5.81. The molecule has 172 valence electrons. The Hall–Kier alpha value is -3.18. The number of carbonyl (C=O) groups excluding carboxylic acids is 2. The molecule has 0 aliphatic carbocycles. The van der Waals surface area contributed by atoms with Crippen LogP contribution in [0.1, 0.15) is 43.9 Å². The molecule has 2 aliphatic heterocycles. The highest BCUT2D eigenvalue weighted by Gasteiger charge is 2.39. The number of nitrogens with zero attached hydrogens (tertiary/aromatic N) is 3. The second-order valence-corrected chi connectivity index (χ2v) is 8.29. The van der Waals surface area contributed by atoms with Crippen molar-refractivity contribution in [3.63, 3.8) is 0 Å². The van der Waals surface area contributed by atoms with Gasteiger partial charge in [0.15, 0.2) is 5.65 Å². The number of primary amides is 2. The third-order valence-corrected chi connectivity index (χ3v) is 5.81. The van der Waals surface area contributed by atoms with Gasteiger partial charge < -0.3 is 21.5 Å². The molecule has 4 rings (SSSR count). The summed E-state index contributed by atoms with van der Waals surface area (Å²) in [5, 5.41) is 9.21. The van der Waals surface area contributed by atoms with Gasteiger partial charge in [0.05, 0.1) is 35.3 Å². The van der Waals surface area contributed by atoms with E-state index in [4.69, 9.17) is 21.0 Å². The Kier molecular flexibility index (Phi) is 6.02. The first kappa shape index (κ1) is 22.0. The zero-order chi connectivity index (χ0) is 22.9. The van der Waals surface area contributed by atoms with Gasteiger partial charge in [-0.2, -0.15) is 5.10 Å². The van der Waals surface area contributed by atoms with Gasteiger partial charge in [-0.25, -0.2) is 9.67 Å². The maximum atomic E-state index is 11.7. The Morgan fingerprint density at radius 3 is 2.59 bits per heavy atom. The number of hydroxylamine groups is 1. The van der Waals surface area contributed by atoms with Gasteiger partial charge >= 0.3 is 0 Å². The van der Waals surface area contributed by atoms with Crippen LogP contribution in [-0.2, 0) is 25.7 Å². The van der Waals surface area contributed by atoms with Crippen LogP contribution in [0.4, 0.5) is 5.69 Å². The number of ether oxygens (including phenoxy) is 1. The molecule has 4 heterocycles. The predicted octanol–water partition coefficient (Wildman–Crippen LogP) is 0.716. The van der Waals surface area contributed by atoms with Crippen LogP contribution in [0, 0.1) is 6.92 Å². The monoisotopic (exact) mass is 443 g/mol. The van der Waals surface area contributed by atoms with E-state index in [1.807, 2.05) is 18.5 Å². The van der Waals surface area contributed by atoms with E-state index in [0.717, 1.165) is 40.8 Å². The lowest BCUT2D eigenvalue weighted by atomic mass is 9.92. The van der Waals surface area contributed by atoms with Crippen LogP contribution >= 0.6 is 0 Å². The summed E-state index contributed by atoms with van der Waals surface area (Å²) in [5.74, 6) is -1.19. The standard InChI is InChI=1S/C21H29N7O4/c1-3-28-20-18(12(2)26-28)19(25-13-4-6-31-7-5-13)14(11-24-20)15-8-21(32-27-15,9-16(22)29)10-17(23)30/h8,11,13,27H,3-7,9-10H2,1-2H3,(H2,22,29)(H2,23,30)(H,24,25). The molecule has 0 unspecified atom stereocenters. The van der Waals surface area contributed by atoms with Gasteiger partial charge in [-0.3, -0.25) is 19.9 Å². The molecule has 2 aromatic rings. The summed E-state index contributed by atoms with van der Waals surface area (Å²) < 4.78 is 7.36. The average Bonchev–Trinajstić information content (AvgIpc) is 3.29. The number of carbonyl (C=O) groups is 2. The number of aromatic nitrogens is 3. The molecule has 0 spiro atoms. The smallest absolute Gasteiger partial charge is 0.220 e. The van der Waals surface area contributed by atoms with E-state index >= 15 is 0 Å². The van der Waals surface area contributed by atoms with Crippen molar-refractivity contribution in [1.82, 2.24) is 20.2 Å². The van der Waals surface area contributed by atoms with Gasteiger partial charge in [0.2, 0.25) is 11.8 Å². The maximum Gasteiger partial charge on any atom is 0.220 e. The largest absolute Gasteiger partial charge is 0.381 e. The topological polar surface area (TPSA) is 159 Å². The minimum absolute atomic E-state index is 0.183. The summed E-state index contributed by atoms with van der Waals surface area (Å²) in [4.78, 5) is 33.7. The molecule has 0 aromatic carbocycles. The minimum Gasteiger partial charge on any atom is -0.381 e. The summed E-state index contributed by atoms with van der Waals surface area (Å²) in [5.41, 5.74) is 16.3. The van der Waals surface area contributed by atoms with E-state index in [1.54, 1.807) is 12.3 Å². The molecule has 0 atom stereocenters. The number of nitrogens with two attached hydrogens (primary N) is 2. The molecule has 1 saturated heterocycles. The molecule has 11 heteroatoms. The highest BCUT2D eigenvalue weighted by molar-refractivity contribution is 5.98. The van der Waals surface area contributed by atoms with Crippen LogP contribution in [0.25, 0.3) is 16.7 Å². The van der Waals surface area contributed by atoms with Crippen molar-refractivity contribution in [2.75, 3.05) is 18.5 Å². The second kappa shape index (κ2) is 8.75. The van der Waals surface area contributed by atoms with Crippen molar-refractivity contribution in [2.45, 2.75) is 57.7 Å². The SMILES string of the molecule is CCn1nc(C)c2c(NC3CCOCC3)c(C3=CC(CC(N)=O)(CC(N)=O)ON3)cnc21. The fourth-order valence-corrected chi connectivity index (χ4v) is 4.38. The molecule has 6 N–H and O–H groups in total. The van der Waals surface area contributed by atoms with E-state index in [1.165, 1.54) is 0 Å². The molecule has 1 fully saturated rings. The van der Waals surface area contributed by atoms with Gasteiger partial charge in [-0.15, -0.1) is 0 Å². The van der Waals surface area contributed by atoms with E-state index in [-0.39, 0.29) is 18.9 Å². The molecule has 0 radical (unpaired) electrons. The van der Waals surface area contributed by atoms with Crippen molar-refractivity contribution in [2.24, 2.45) is 11.5 Å². The summed E-state index contributed by atoms with van der Waals surface area (Å²) in [6, 6.07) is 0.224. The Labute approximate surface area is 185 Å². The summed E-state index contributed by atoms with van der Waals surface area (Å²) in [6.07, 6.45) is 4.82. The molecule has 0 saturated carbocycles. The first-order chi connectivity index (χ1) is 15.3. The fraction of sp³-hybridized carbons (Fsp3) is 0.524. The minimum atomic E-state index is -1.25. The zero-order valence-electron chi connectivity index (χ0n) is 18.3. The van der Waals surface area contributed by atoms with Gasteiger partial charge in [0.25, 0.3) is 0 Å². The van der Waals surface area contributed by atoms with Crippen molar-refractivity contribution in [3.05, 3.63) is 23.5 Å². The van der Waals surface area contributed by atoms with Crippen LogP contribution in [0.5, 0.6) is 0 Å². The highest BCUT2D eigenvalue weighted by atomic mass is 16.7. The quantitative estimate of drug-likeness (QED) is 0.464. The average molecular weight is 444 g/mol. The number of pyridine rings is 1. The van der Waals surface area contributed by atoms with Crippen molar-refractivity contribution in [1.29, 1.82) is 0 Å². The number of hydrogen-bond donors (Lipinski definition) is 4. The molecule has 2 amide bonds. The van der Waals surface area contributed by atoms with E-state index in [9.17, 15) is 9.59 Å². The molecule has 2 aliphatic rings. The van der Waals surface area contributed by atoms with Crippen molar-refractivity contribution in [3.8, 4) is 0 Å². The van der Waals surface area contributed by atoms with E-state index in [2.05, 4.69) is 20.9 Å². The van der Waals surface area contributed by atoms with Crippen molar-refractivity contribution < 1.29 is 19.2 Å². The lowest BCUT2D eigenvalue weighted by molar-refractivity contribution is -0.131. The van der Waals surface area contributed by atoms with Crippen LogP contribution in [-0.4, -0.2) is 51.4 Å². The van der Waals surface area contributed by atoms with Crippen LogP contribution in [0.2, 0.25) is 0 Å². The lowest BCUT2D eigenvalue weighted by Gasteiger charge is -2.26. The number of hydrogen-bond acceptors (Lipinski definition) is 8. The zero-order valence-corrected chi connectivity index (χ0v) is 18.3. The van der Waals surface area contributed by atoms with Gasteiger partial charge in [-0.05, 0) is 32.8 Å². The normalized spacial score (nSPS) is 18.4. The maximum absolute atomic E-state index is 11.7. The van der Waals surface area contributed by atoms with Crippen LogP contribution < -0.4 is 22.3 Å². The Bertz CT molecular complexity index is 1060. The predicted molar refractivity (Wildman–Crippen MR) is 118 cm³/mol. The number of anilines is 1. The number of rotatable bonds is 8. The highest BCUT2D eigenvalue weighted by Crippen LogP contribution is 2.38. The van der Waals surface area contributed by atoms with Crippen LogP contribution in [0.3, 0.4) is 0 Å².